The van der Waals surface area contributed by atoms with E-state index in [-0.39, 0.29) is 48.4 Å². The lowest BCUT2D eigenvalue weighted by atomic mass is 10.1. The first kappa shape index (κ1) is 35.5. The van der Waals surface area contributed by atoms with Crippen LogP contribution in [-0.2, 0) is 35.7 Å². The highest BCUT2D eigenvalue weighted by atomic mass is 32.2. The molecular weight excluding hydrogens is 617 g/mol. The fourth-order valence-electron chi connectivity index (χ4n) is 4.50. The Balaban J connectivity index is 1.64. The van der Waals surface area contributed by atoms with Gasteiger partial charge in [-0.3, -0.25) is 14.4 Å². The number of aryl methyl sites for hydroxylation is 1. The number of ether oxygens (including phenoxy) is 1. The summed E-state index contributed by atoms with van der Waals surface area (Å²) in [6.07, 6.45) is 3.17. The van der Waals surface area contributed by atoms with Gasteiger partial charge in [-0.15, -0.1) is 0 Å². The number of carbonyl (C=O) groups is 3. The molecular formula is C31H40N6O6S2. The van der Waals surface area contributed by atoms with Crippen LogP contribution in [0.2, 0.25) is 0 Å². The molecule has 0 saturated carbocycles. The Morgan fingerprint density at radius 3 is 2.47 bits per heavy atom. The van der Waals surface area contributed by atoms with Gasteiger partial charge in [-0.2, -0.15) is 0 Å². The van der Waals surface area contributed by atoms with E-state index in [0.29, 0.717) is 46.6 Å². The Hall–Kier alpha value is -4.01. The number of nitrogen functional groups attached to an aromatic ring is 1. The number of rotatable bonds is 16. The van der Waals surface area contributed by atoms with Crippen molar-refractivity contribution in [2.75, 3.05) is 37.9 Å². The number of esters is 1. The summed E-state index contributed by atoms with van der Waals surface area (Å²) in [5, 5.41) is 1.29. The van der Waals surface area contributed by atoms with Crippen LogP contribution in [-0.4, -0.2) is 68.0 Å². The predicted molar refractivity (Wildman–Crippen MR) is 177 cm³/mol. The molecule has 3 rings (SSSR count). The molecule has 45 heavy (non-hydrogen) atoms. The van der Waals surface area contributed by atoms with E-state index in [1.54, 1.807) is 38.2 Å². The topological polar surface area (TPSA) is 165 Å². The van der Waals surface area contributed by atoms with Crippen LogP contribution >= 0.6 is 11.8 Å². The third kappa shape index (κ3) is 9.74. The molecule has 0 saturated heterocycles. The summed E-state index contributed by atoms with van der Waals surface area (Å²) in [6, 6.07) is 10.5. The number of hydrogen-bond donors (Lipinski definition) is 2. The molecule has 1 aromatic heterocycles. The van der Waals surface area contributed by atoms with Crippen molar-refractivity contribution in [1.29, 1.82) is 0 Å². The van der Waals surface area contributed by atoms with Gasteiger partial charge in [0.15, 0.2) is 5.12 Å². The maximum atomic E-state index is 13.1. The third-order valence-corrected chi connectivity index (χ3v) is 9.55. The molecule has 1 amide bonds. The molecule has 0 atom stereocenters. The quantitative estimate of drug-likeness (QED) is 0.168. The van der Waals surface area contributed by atoms with Crippen LogP contribution in [0.15, 0.2) is 58.1 Å². The van der Waals surface area contributed by atoms with Crippen molar-refractivity contribution in [1.82, 2.24) is 19.6 Å². The first-order chi connectivity index (χ1) is 21.4. The second kappa shape index (κ2) is 16.3. The third-order valence-electron chi connectivity index (χ3n) is 6.86. The average Bonchev–Trinajstić information content (AvgIpc) is 2.99. The largest absolute Gasteiger partial charge is 0.465 e. The van der Waals surface area contributed by atoms with Gasteiger partial charge in [-0.05, 0) is 32.4 Å². The van der Waals surface area contributed by atoms with Gasteiger partial charge in [0.05, 0.1) is 24.5 Å². The lowest BCUT2D eigenvalue weighted by molar-refractivity contribution is -0.143. The number of fused-ring (bicyclic) bond motifs is 1. The molecule has 14 heteroatoms. The fraction of sp³-hybridized carbons (Fsp3) is 0.387. The number of carbonyl (C=O) groups excluding carboxylic acids is 3. The van der Waals surface area contributed by atoms with Crippen LogP contribution in [0.1, 0.15) is 50.9 Å². The highest BCUT2D eigenvalue weighted by Gasteiger charge is 2.20. The lowest BCUT2D eigenvalue weighted by Gasteiger charge is -2.22. The Morgan fingerprint density at radius 2 is 1.80 bits per heavy atom. The molecule has 0 bridgehead atoms. The van der Waals surface area contributed by atoms with Gasteiger partial charge in [0, 0.05) is 72.3 Å². The van der Waals surface area contributed by atoms with Gasteiger partial charge >= 0.3 is 5.97 Å². The number of sulfonamides is 1. The molecule has 0 spiro atoms. The van der Waals surface area contributed by atoms with Gasteiger partial charge in [0.1, 0.15) is 11.6 Å². The number of allylic oxidation sites excluding steroid dienone is 1. The Kier molecular flexibility index (Phi) is 12.9. The summed E-state index contributed by atoms with van der Waals surface area (Å²) in [4.78, 5) is 49.3. The molecule has 0 radical (unpaired) electrons. The van der Waals surface area contributed by atoms with E-state index in [0.717, 1.165) is 22.8 Å². The smallest absolute Gasteiger partial charge is 0.307 e. The van der Waals surface area contributed by atoms with E-state index in [2.05, 4.69) is 14.7 Å². The predicted octanol–water partition coefficient (Wildman–Crippen LogP) is 4.14. The number of nitrogens with two attached hydrogens (primary N) is 1. The van der Waals surface area contributed by atoms with E-state index in [9.17, 15) is 22.8 Å². The zero-order valence-electron chi connectivity index (χ0n) is 26.2. The highest BCUT2D eigenvalue weighted by Crippen LogP contribution is 2.31. The second-order valence-corrected chi connectivity index (χ2v) is 13.3. The lowest BCUT2D eigenvalue weighted by Crippen LogP contribution is -2.27. The van der Waals surface area contributed by atoms with Crippen molar-refractivity contribution in [3.63, 3.8) is 0 Å². The monoisotopic (exact) mass is 656 g/mol. The van der Waals surface area contributed by atoms with Gasteiger partial charge in [0.25, 0.3) is 0 Å². The molecule has 3 N–H and O–H groups in total. The van der Waals surface area contributed by atoms with E-state index >= 15 is 0 Å². The Morgan fingerprint density at radius 1 is 1.09 bits per heavy atom. The average molecular weight is 657 g/mol. The first-order valence-electron chi connectivity index (χ1n) is 14.4. The van der Waals surface area contributed by atoms with Crippen molar-refractivity contribution in [3.05, 3.63) is 64.6 Å². The van der Waals surface area contributed by atoms with E-state index in [4.69, 9.17) is 10.5 Å². The summed E-state index contributed by atoms with van der Waals surface area (Å²) < 4.78 is 34.1. The summed E-state index contributed by atoms with van der Waals surface area (Å²) >= 11 is 1.00. The zero-order chi connectivity index (χ0) is 33.1. The molecule has 3 aromatic rings. The number of aromatic nitrogens is 2. The van der Waals surface area contributed by atoms with Crippen LogP contribution in [0, 0.1) is 6.92 Å². The zero-order valence-corrected chi connectivity index (χ0v) is 27.8. The van der Waals surface area contributed by atoms with Gasteiger partial charge in [0.2, 0.25) is 16.4 Å². The van der Waals surface area contributed by atoms with Gasteiger partial charge in [-0.1, -0.05) is 43.0 Å². The molecule has 0 unspecified atom stereocenters. The number of benzene rings is 2. The van der Waals surface area contributed by atoms with E-state index in [1.807, 2.05) is 38.1 Å². The number of thioether (sulfide) groups is 1. The van der Waals surface area contributed by atoms with Gasteiger partial charge in [-0.25, -0.2) is 23.1 Å². The number of nitrogens with one attached hydrogen (secondary N) is 1. The van der Waals surface area contributed by atoms with Crippen molar-refractivity contribution in [2.24, 2.45) is 0 Å². The number of nitrogens with zero attached hydrogens (tertiary/aromatic N) is 4. The minimum atomic E-state index is -3.91. The molecule has 242 valence electrons. The normalized spacial score (nSPS) is 12.0. The fourth-order valence-corrected chi connectivity index (χ4v) is 6.78. The van der Waals surface area contributed by atoms with Crippen LogP contribution in [0.25, 0.3) is 10.8 Å². The molecule has 0 aliphatic carbocycles. The summed E-state index contributed by atoms with van der Waals surface area (Å²) in [7, 11) is -0.142. The molecule has 2 aromatic carbocycles. The van der Waals surface area contributed by atoms with Crippen LogP contribution in [0.3, 0.4) is 0 Å². The van der Waals surface area contributed by atoms with Crippen LogP contribution in [0.4, 0.5) is 11.5 Å². The maximum Gasteiger partial charge on any atom is 0.307 e. The SMILES string of the molecule is CCCC(=O)SC(CCOC(=O)CCNS(=O)(=O)c1cccc2c(N(C)C)cccc12)=C(C)N(C=O)Cc1cnc(C)nc1N. The molecule has 12 nitrogen and oxygen atoms in total. The Bertz CT molecular complexity index is 1680. The summed E-state index contributed by atoms with van der Waals surface area (Å²) in [6.45, 7) is 5.18. The van der Waals surface area contributed by atoms with Crippen molar-refractivity contribution in [2.45, 2.75) is 57.9 Å². The molecule has 0 fully saturated rings. The highest BCUT2D eigenvalue weighted by molar-refractivity contribution is 8.16. The minimum absolute atomic E-state index is 0.0657. The van der Waals surface area contributed by atoms with Crippen molar-refractivity contribution in [3.8, 4) is 0 Å². The van der Waals surface area contributed by atoms with E-state index < -0.39 is 16.0 Å². The standard InChI is InChI=1S/C31H40N6O6S2/c1-6-9-30(40)44-27(21(2)37(20-38)19-23-18-33-22(3)35-31(23)32)15-17-43-29(39)14-16-34-45(41,42)28-13-8-10-24-25(28)11-7-12-26(24)36(4)5/h7-8,10-13,18,20,34H,6,9,14-17,19H2,1-5H3,(H2,32,33,35). The van der Waals surface area contributed by atoms with E-state index in [1.165, 1.54) is 11.0 Å². The summed E-state index contributed by atoms with van der Waals surface area (Å²) in [5.41, 5.74) is 7.95. The number of anilines is 2. The second-order valence-electron chi connectivity index (χ2n) is 10.4. The minimum Gasteiger partial charge on any atom is -0.465 e. The molecule has 0 aliphatic heterocycles. The Labute approximate surface area is 268 Å². The van der Waals surface area contributed by atoms with Crippen LogP contribution in [0.5, 0.6) is 0 Å². The molecule has 1 heterocycles. The molecule has 0 aliphatic rings. The van der Waals surface area contributed by atoms with Crippen molar-refractivity contribution < 1.29 is 27.5 Å². The number of hydrogen-bond acceptors (Lipinski definition) is 11. The maximum absolute atomic E-state index is 13.1. The van der Waals surface area contributed by atoms with Gasteiger partial charge < -0.3 is 20.3 Å². The summed E-state index contributed by atoms with van der Waals surface area (Å²) in [5.74, 6) is 0.148. The van der Waals surface area contributed by atoms with Crippen molar-refractivity contribution >= 4 is 61.6 Å². The first-order valence-corrected chi connectivity index (χ1v) is 16.7. The number of amides is 1. The van der Waals surface area contributed by atoms with Crippen LogP contribution < -0.4 is 15.4 Å².